The first-order chi connectivity index (χ1) is 27.9. The Morgan fingerprint density at radius 3 is 2.47 bits per heavy atom. The first-order valence-electron chi connectivity index (χ1n) is 21.6. The molecule has 3 aliphatic carbocycles. The van der Waals surface area contributed by atoms with Gasteiger partial charge in [0.15, 0.2) is 5.78 Å². The number of fused-ring (bicyclic) bond motifs is 8. The Labute approximate surface area is 341 Å². The van der Waals surface area contributed by atoms with Gasteiger partial charge < -0.3 is 20.1 Å². The maximum atomic E-state index is 14.6. The third-order valence-electron chi connectivity index (χ3n) is 13.5. The molecule has 1 saturated heterocycles. The summed E-state index contributed by atoms with van der Waals surface area (Å²) in [6.07, 6.45) is 15.8. The summed E-state index contributed by atoms with van der Waals surface area (Å²) in [5, 5.41) is 5.90. The van der Waals surface area contributed by atoms with Crippen molar-refractivity contribution < 1.29 is 37.1 Å². The van der Waals surface area contributed by atoms with Gasteiger partial charge in [-0.05, 0) is 95.6 Å². The highest BCUT2D eigenvalue weighted by Gasteiger charge is 2.63. The molecule has 4 fully saturated rings. The second-order valence-corrected chi connectivity index (χ2v) is 20.1. The van der Waals surface area contributed by atoms with Crippen molar-refractivity contribution in [2.75, 3.05) is 13.1 Å². The fourth-order valence-electron chi connectivity index (χ4n) is 9.37. The Bertz CT molecular complexity index is 2040. The number of nitrogens with one attached hydrogen (secondary N) is 3. The molecule has 5 bridgehead atoms. The van der Waals surface area contributed by atoms with Crippen molar-refractivity contribution in [3.63, 3.8) is 0 Å². The summed E-state index contributed by atoms with van der Waals surface area (Å²) in [7, 11) is -3.96. The van der Waals surface area contributed by atoms with Gasteiger partial charge in [-0.25, -0.2) is 23.2 Å². The lowest BCUT2D eigenvalue weighted by Crippen LogP contribution is -2.57. The molecule has 0 radical (unpaired) electrons. The van der Waals surface area contributed by atoms with E-state index in [2.05, 4.69) is 15.4 Å². The summed E-state index contributed by atoms with van der Waals surface area (Å²) in [5.74, 6) is -0.980. The number of aryl methyl sites for hydroxylation is 1. The van der Waals surface area contributed by atoms with Gasteiger partial charge in [0.25, 0.3) is 5.91 Å². The number of alkyl carbamates (subject to hydrolysis) is 1. The number of rotatable bonds is 3. The number of carbonyl (C=O) groups is 4. The Balaban J connectivity index is 1.10. The van der Waals surface area contributed by atoms with Gasteiger partial charge >= 0.3 is 6.09 Å². The average molecular weight is 819 g/mol. The number of Topliss-reactive ketones (excluding diaryl/α,β-unsaturated/α-hetero) is 1. The molecule has 8 atom stereocenters. The molecule has 1 aromatic heterocycles. The van der Waals surface area contributed by atoms with Gasteiger partial charge in [0, 0.05) is 18.9 Å². The van der Waals surface area contributed by atoms with Crippen molar-refractivity contribution in [3.8, 4) is 5.88 Å². The number of carbonyl (C=O) groups excluding carboxylic acids is 4. The van der Waals surface area contributed by atoms with Crippen LogP contribution < -0.4 is 20.1 Å². The molecule has 3 saturated carbocycles. The number of para-hydroxylation sites is 2. The quantitative estimate of drug-likeness (QED) is 0.347. The molecule has 8 rings (SSSR count). The van der Waals surface area contributed by atoms with Crippen molar-refractivity contribution in [2.24, 2.45) is 11.8 Å². The van der Waals surface area contributed by atoms with E-state index in [0.29, 0.717) is 43.0 Å². The van der Waals surface area contributed by atoms with E-state index in [1.807, 2.05) is 36.4 Å². The molecular formula is C43H58N6O8S. The topological polar surface area (TPSA) is 186 Å². The molecule has 58 heavy (non-hydrogen) atoms. The number of benzene rings is 1. The van der Waals surface area contributed by atoms with Gasteiger partial charge in [-0.2, -0.15) is 0 Å². The second kappa shape index (κ2) is 16.9. The molecule has 4 heterocycles. The number of sulfonamides is 1. The zero-order chi connectivity index (χ0) is 40.5. The van der Waals surface area contributed by atoms with Crippen LogP contribution in [0.1, 0.15) is 122 Å². The molecule has 14 nitrogen and oxygen atoms in total. The Kier molecular flexibility index (Phi) is 11.8. The summed E-state index contributed by atoms with van der Waals surface area (Å²) < 4.78 is 40.3. The molecule has 1 unspecified atom stereocenters. The minimum atomic E-state index is -3.96. The summed E-state index contributed by atoms with van der Waals surface area (Å²) in [4.78, 5) is 67.8. The summed E-state index contributed by atoms with van der Waals surface area (Å²) in [6, 6.07) is 5.94. The Morgan fingerprint density at radius 2 is 1.66 bits per heavy atom. The van der Waals surface area contributed by atoms with Crippen LogP contribution in [-0.4, -0.2) is 94.6 Å². The molecule has 3 amide bonds. The van der Waals surface area contributed by atoms with Crippen LogP contribution in [0.4, 0.5) is 4.79 Å². The van der Waals surface area contributed by atoms with Gasteiger partial charge in [-0.1, -0.05) is 62.8 Å². The monoisotopic (exact) mass is 818 g/mol. The van der Waals surface area contributed by atoms with Crippen LogP contribution in [0.3, 0.4) is 0 Å². The molecule has 2 aromatic rings. The van der Waals surface area contributed by atoms with Crippen molar-refractivity contribution >= 4 is 44.7 Å². The van der Waals surface area contributed by atoms with Crippen molar-refractivity contribution in [3.05, 3.63) is 42.1 Å². The lowest BCUT2D eigenvalue weighted by atomic mass is 9.99. The van der Waals surface area contributed by atoms with Gasteiger partial charge in [0.2, 0.25) is 21.8 Å². The van der Waals surface area contributed by atoms with E-state index in [0.717, 1.165) is 88.3 Å². The molecule has 3 aliphatic heterocycles. The maximum Gasteiger partial charge on any atom is 0.407 e. The highest BCUT2D eigenvalue weighted by Crippen LogP contribution is 2.47. The Morgan fingerprint density at radius 1 is 0.897 bits per heavy atom. The zero-order valence-corrected chi connectivity index (χ0v) is 34.4. The lowest BCUT2D eigenvalue weighted by Gasteiger charge is -2.27. The minimum absolute atomic E-state index is 0.153. The predicted octanol–water partition coefficient (Wildman–Crippen LogP) is 5.18. The first kappa shape index (κ1) is 40.7. The smallest absolute Gasteiger partial charge is 0.407 e. The van der Waals surface area contributed by atoms with Crippen molar-refractivity contribution in [1.29, 1.82) is 0 Å². The van der Waals surface area contributed by atoms with E-state index in [-0.39, 0.29) is 43.7 Å². The molecule has 1 aromatic carbocycles. The highest BCUT2D eigenvalue weighted by molar-refractivity contribution is 7.91. The van der Waals surface area contributed by atoms with E-state index < -0.39 is 56.4 Å². The SMILES string of the molecule is CC1(S(=O)(=O)NC(=O)[C@]23C[C@@H]2/C=C\CCCCCC[C@@H]2NC(=O)O[C@@H]4CC[C@@H](CCCCCc5nc6ccccc6nc5O[C@@H]5C[C@@H](C(=O)N3)N(CC2=O)C5)C4)CC1. The standard InChI is InChI=1S/C43H58N6O8S/c1-42(21-22-42)58(54,55)48-40(52)43-25-29(43)14-8-4-2-3-5-9-17-34-37(50)27-49-26-31(24-36(49)38(51)47-43)56-39-35(44-32-15-11-12-16-33(32)45-39)18-10-6-7-13-28-19-20-30(23-28)57-41(53)46-34/h8,11-12,14-16,28-31,34,36H,2-7,9-10,13,17-27H2,1H3,(H,46,53)(H,47,51)(H,48,52)/b14-8-/t28-,29+,30-,31-,34+,36+,43+/m1/s1. The van der Waals surface area contributed by atoms with Gasteiger partial charge in [0.1, 0.15) is 23.4 Å². The molecule has 15 heteroatoms. The minimum Gasteiger partial charge on any atom is -0.472 e. The molecule has 0 spiro atoms. The number of aromatic nitrogens is 2. The van der Waals surface area contributed by atoms with Gasteiger partial charge in [0.05, 0.1) is 34.4 Å². The van der Waals surface area contributed by atoms with Gasteiger partial charge in [-0.15, -0.1) is 0 Å². The van der Waals surface area contributed by atoms with E-state index in [1.165, 1.54) is 0 Å². The van der Waals surface area contributed by atoms with Crippen LogP contribution in [0.25, 0.3) is 11.0 Å². The van der Waals surface area contributed by atoms with E-state index in [4.69, 9.17) is 19.4 Å². The molecule has 3 N–H and O–H groups in total. The fourth-order valence-corrected chi connectivity index (χ4v) is 10.7. The third kappa shape index (κ3) is 9.05. The highest BCUT2D eigenvalue weighted by atomic mass is 32.2. The number of allylic oxidation sites excluding steroid dienone is 1. The fraction of sp³-hybridized carbons (Fsp3) is 0.674. The van der Waals surface area contributed by atoms with Crippen LogP contribution in [0, 0.1) is 11.8 Å². The summed E-state index contributed by atoms with van der Waals surface area (Å²) >= 11 is 0. The van der Waals surface area contributed by atoms with Crippen LogP contribution >= 0.6 is 0 Å². The zero-order valence-electron chi connectivity index (χ0n) is 33.6. The van der Waals surface area contributed by atoms with Crippen LogP contribution in [0.15, 0.2) is 36.4 Å². The van der Waals surface area contributed by atoms with Crippen LogP contribution in [-0.2, 0) is 35.6 Å². The maximum absolute atomic E-state index is 14.6. The van der Waals surface area contributed by atoms with Gasteiger partial charge in [-0.3, -0.25) is 24.0 Å². The van der Waals surface area contributed by atoms with Crippen LogP contribution in [0.5, 0.6) is 5.88 Å². The number of nitrogens with zero attached hydrogens (tertiary/aromatic N) is 3. The van der Waals surface area contributed by atoms with Crippen LogP contribution in [0.2, 0.25) is 0 Å². The normalized spacial score (nSPS) is 33.9. The third-order valence-corrected chi connectivity index (χ3v) is 15.6. The Hall–Kier alpha value is -4.11. The molecule has 314 valence electrons. The number of amides is 3. The van der Waals surface area contributed by atoms with Crippen molar-refractivity contribution in [1.82, 2.24) is 30.2 Å². The number of hydrogen-bond acceptors (Lipinski definition) is 11. The summed E-state index contributed by atoms with van der Waals surface area (Å²) in [6.45, 7) is 1.67. The molecule has 6 aliphatic rings. The first-order valence-corrected chi connectivity index (χ1v) is 23.1. The number of ketones is 1. The summed E-state index contributed by atoms with van der Waals surface area (Å²) in [5.41, 5.74) is 0.753. The predicted molar refractivity (Wildman–Crippen MR) is 216 cm³/mol. The second-order valence-electron chi connectivity index (χ2n) is 17.9. The lowest BCUT2D eigenvalue weighted by molar-refractivity contribution is -0.132. The van der Waals surface area contributed by atoms with Crippen molar-refractivity contribution in [2.45, 2.75) is 157 Å². The largest absolute Gasteiger partial charge is 0.472 e. The van der Waals surface area contributed by atoms with E-state index >= 15 is 0 Å². The number of ether oxygens (including phenoxy) is 2. The van der Waals surface area contributed by atoms with E-state index in [1.54, 1.807) is 11.8 Å². The molecular weight excluding hydrogens is 761 g/mol. The average Bonchev–Trinajstić information content (AvgIpc) is 4.00. The number of hydrogen-bond donors (Lipinski definition) is 3. The van der Waals surface area contributed by atoms with E-state index in [9.17, 15) is 27.6 Å².